The molecule has 1 aliphatic heterocycles. The first-order valence-corrected chi connectivity index (χ1v) is 12.8. The summed E-state index contributed by atoms with van der Waals surface area (Å²) in [5, 5.41) is 4.66. The topological polar surface area (TPSA) is 31.4 Å². The molecule has 1 aromatic heterocycles. The van der Waals surface area contributed by atoms with Crippen molar-refractivity contribution in [1.29, 1.82) is 0 Å². The van der Waals surface area contributed by atoms with E-state index in [2.05, 4.69) is 74.8 Å². The number of allylic oxidation sites excluding steroid dienone is 1. The summed E-state index contributed by atoms with van der Waals surface area (Å²) < 4.78 is 13.9. The van der Waals surface area contributed by atoms with E-state index in [1.165, 1.54) is 30.2 Å². The third-order valence-corrected chi connectivity index (χ3v) is 7.28. The van der Waals surface area contributed by atoms with E-state index in [1.807, 2.05) is 0 Å². The molecule has 1 N–H and O–H groups in total. The van der Waals surface area contributed by atoms with Crippen molar-refractivity contribution >= 4 is 28.2 Å². The van der Waals surface area contributed by atoms with Crippen LogP contribution in [0, 0.1) is 12.7 Å². The van der Waals surface area contributed by atoms with Gasteiger partial charge in [0, 0.05) is 53.9 Å². The molecule has 3 aromatic rings. The number of hydrogen-bond acceptors (Lipinski definition) is 4. The van der Waals surface area contributed by atoms with Gasteiger partial charge in [0.1, 0.15) is 5.82 Å². The molecule has 2 heterocycles. The Kier molecular flexibility index (Phi) is 7.67. The molecular formula is C29H36ClFN4. The Hall–Kier alpha value is -2.63. The predicted octanol–water partition coefficient (Wildman–Crippen LogP) is 6.59. The lowest BCUT2D eigenvalue weighted by Gasteiger charge is -2.36. The summed E-state index contributed by atoms with van der Waals surface area (Å²) in [7, 11) is 4.33. The highest BCUT2D eigenvalue weighted by atomic mass is 35.5. The van der Waals surface area contributed by atoms with Crippen molar-refractivity contribution in [3.05, 3.63) is 70.6 Å². The zero-order valence-electron chi connectivity index (χ0n) is 21.5. The average Bonchev–Trinajstić information content (AvgIpc) is 2.82. The van der Waals surface area contributed by atoms with Gasteiger partial charge in [0.2, 0.25) is 0 Å². The second-order valence-electron chi connectivity index (χ2n) is 10.2. The van der Waals surface area contributed by atoms with E-state index in [0.29, 0.717) is 12.5 Å². The summed E-state index contributed by atoms with van der Waals surface area (Å²) in [5.41, 5.74) is 6.98. The number of rotatable bonds is 7. The zero-order chi connectivity index (χ0) is 25.3. The first kappa shape index (κ1) is 25.5. The van der Waals surface area contributed by atoms with Crippen LogP contribution in [0.2, 0.25) is 5.02 Å². The SMILES string of the molecule is C=C(Cc1c(-c2ccc(F)c(Cl)c2)nc2ccc(N3CCC(N(C)C)CC3)cc2c1C)NC(C)C. The van der Waals surface area contributed by atoms with Gasteiger partial charge in [-0.1, -0.05) is 18.2 Å². The van der Waals surface area contributed by atoms with Crippen LogP contribution in [-0.4, -0.2) is 49.2 Å². The molecule has 1 saturated heterocycles. The number of hydrogen-bond donors (Lipinski definition) is 1. The summed E-state index contributed by atoms with van der Waals surface area (Å²) in [6, 6.07) is 12.3. The van der Waals surface area contributed by atoms with Gasteiger partial charge in [0.15, 0.2) is 0 Å². The highest BCUT2D eigenvalue weighted by Crippen LogP contribution is 2.35. The van der Waals surface area contributed by atoms with Crippen LogP contribution in [0.15, 0.2) is 48.7 Å². The standard InChI is InChI=1S/C29H36ClFN4/c1-18(2)32-19(3)15-25-20(4)24-17-23(35-13-11-22(12-14-35)34(5)6)8-10-28(24)33-29(25)21-7-9-27(31)26(30)16-21/h7-10,16-18,22,32H,3,11-15H2,1-2,4-6H3. The first-order valence-electron chi connectivity index (χ1n) is 12.4. The predicted molar refractivity (Wildman–Crippen MR) is 147 cm³/mol. The Morgan fingerprint density at radius 1 is 1.20 bits per heavy atom. The number of benzene rings is 2. The van der Waals surface area contributed by atoms with Crippen molar-refractivity contribution in [2.45, 2.75) is 52.1 Å². The fourth-order valence-corrected chi connectivity index (χ4v) is 5.24. The fourth-order valence-electron chi connectivity index (χ4n) is 5.06. The Balaban J connectivity index is 1.77. The van der Waals surface area contributed by atoms with Crippen molar-refractivity contribution in [3.8, 4) is 11.3 Å². The molecule has 0 amide bonds. The second kappa shape index (κ2) is 10.5. The molecule has 0 bridgehead atoms. The number of pyridine rings is 1. The Bertz CT molecular complexity index is 1230. The molecule has 4 rings (SSSR count). The molecular weight excluding hydrogens is 459 g/mol. The minimum Gasteiger partial charge on any atom is -0.386 e. The molecule has 0 radical (unpaired) electrons. The van der Waals surface area contributed by atoms with Crippen molar-refractivity contribution in [2.75, 3.05) is 32.1 Å². The molecule has 6 heteroatoms. The number of fused-ring (bicyclic) bond motifs is 1. The van der Waals surface area contributed by atoms with Crippen molar-refractivity contribution in [3.63, 3.8) is 0 Å². The zero-order valence-corrected chi connectivity index (χ0v) is 22.2. The molecule has 186 valence electrons. The number of nitrogens with one attached hydrogen (secondary N) is 1. The highest BCUT2D eigenvalue weighted by Gasteiger charge is 2.22. The quantitative estimate of drug-likeness (QED) is 0.401. The van der Waals surface area contributed by atoms with E-state index in [0.717, 1.165) is 46.5 Å². The van der Waals surface area contributed by atoms with E-state index in [-0.39, 0.29) is 11.1 Å². The van der Waals surface area contributed by atoms with Crippen LogP contribution in [0.4, 0.5) is 10.1 Å². The third kappa shape index (κ3) is 5.62. The van der Waals surface area contributed by atoms with E-state index < -0.39 is 5.82 Å². The van der Waals surface area contributed by atoms with Crippen LogP contribution in [0.1, 0.15) is 37.8 Å². The lowest BCUT2D eigenvalue weighted by molar-refractivity contribution is 0.249. The summed E-state index contributed by atoms with van der Waals surface area (Å²) in [4.78, 5) is 9.87. The van der Waals surface area contributed by atoms with Crippen LogP contribution in [0.3, 0.4) is 0 Å². The average molecular weight is 495 g/mol. The van der Waals surface area contributed by atoms with Gasteiger partial charge in [-0.15, -0.1) is 0 Å². The summed E-state index contributed by atoms with van der Waals surface area (Å²) in [6.45, 7) is 12.7. The maximum atomic E-state index is 13.9. The minimum absolute atomic E-state index is 0.101. The molecule has 2 aromatic carbocycles. The normalized spacial score (nSPS) is 14.8. The summed E-state index contributed by atoms with van der Waals surface area (Å²) in [6.07, 6.45) is 2.96. The van der Waals surface area contributed by atoms with Gasteiger partial charge >= 0.3 is 0 Å². The summed E-state index contributed by atoms with van der Waals surface area (Å²) in [5.74, 6) is -0.428. The number of piperidine rings is 1. The molecule has 1 fully saturated rings. The molecule has 1 aliphatic rings. The Morgan fingerprint density at radius 2 is 1.91 bits per heavy atom. The molecule has 4 nitrogen and oxygen atoms in total. The van der Waals surface area contributed by atoms with Gasteiger partial charge in [-0.25, -0.2) is 9.37 Å². The lowest BCUT2D eigenvalue weighted by Crippen LogP contribution is -2.41. The van der Waals surface area contributed by atoms with Gasteiger partial charge in [0.05, 0.1) is 16.2 Å². The molecule has 0 spiro atoms. The van der Waals surface area contributed by atoms with E-state index in [4.69, 9.17) is 16.6 Å². The Labute approximate surface area is 213 Å². The lowest BCUT2D eigenvalue weighted by atomic mass is 9.94. The van der Waals surface area contributed by atoms with Crippen LogP contribution in [0.25, 0.3) is 22.2 Å². The molecule has 35 heavy (non-hydrogen) atoms. The van der Waals surface area contributed by atoms with Crippen LogP contribution < -0.4 is 10.2 Å². The highest BCUT2D eigenvalue weighted by molar-refractivity contribution is 6.31. The van der Waals surface area contributed by atoms with Crippen LogP contribution in [-0.2, 0) is 6.42 Å². The van der Waals surface area contributed by atoms with Crippen molar-refractivity contribution < 1.29 is 4.39 Å². The molecule has 0 aliphatic carbocycles. The Morgan fingerprint density at radius 3 is 2.54 bits per heavy atom. The van der Waals surface area contributed by atoms with E-state index >= 15 is 0 Å². The number of halogens is 2. The molecule has 0 saturated carbocycles. The van der Waals surface area contributed by atoms with Gasteiger partial charge in [-0.2, -0.15) is 0 Å². The maximum Gasteiger partial charge on any atom is 0.141 e. The number of aryl methyl sites for hydroxylation is 1. The fraction of sp³-hybridized carbons (Fsp3) is 0.414. The van der Waals surface area contributed by atoms with Crippen LogP contribution in [0.5, 0.6) is 0 Å². The minimum atomic E-state index is -0.428. The maximum absolute atomic E-state index is 13.9. The third-order valence-electron chi connectivity index (χ3n) is 6.99. The van der Waals surface area contributed by atoms with E-state index in [9.17, 15) is 4.39 Å². The van der Waals surface area contributed by atoms with Crippen LogP contribution >= 0.6 is 11.6 Å². The number of nitrogens with zero attached hydrogens (tertiary/aromatic N) is 3. The molecule has 0 unspecified atom stereocenters. The molecule has 0 atom stereocenters. The monoisotopic (exact) mass is 494 g/mol. The van der Waals surface area contributed by atoms with Gasteiger partial charge in [-0.3, -0.25) is 0 Å². The number of aromatic nitrogens is 1. The first-order chi connectivity index (χ1) is 16.6. The van der Waals surface area contributed by atoms with Crippen molar-refractivity contribution in [1.82, 2.24) is 15.2 Å². The smallest absolute Gasteiger partial charge is 0.141 e. The van der Waals surface area contributed by atoms with Gasteiger partial charge in [0.25, 0.3) is 0 Å². The van der Waals surface area contributed by atoms with E-state index in [1.54, 1.807) is 12.1 Å². The second-order valence-corrected chi connectivity index (χ2v) is 10.6. The largest absolute Gasteiger partial charge is 0.386 e. The summed E-state index contributed by atoms with van der Waals surface area (Å²) >= 11 is 6.14. The van der Waals surface area contributed by atoms with Gasteiger partial charge < -0.3 is 15.1 Å². The van der Waals surface area contributed by atoms with Gasteiger partial charge in [-0.05, 0) is 95.2 Å². The number of anilines is 1. The van der Waals surface area contributed by atoms with Crippen molar-refractivity contribution in [2.24, 2.45) is 0 Å².